The van der Waals surface area contributed by atoms with Crippen molar-refractivity contribution in [2.45, 2.75) is 6.61 Å². The molecule has 3 aromatic heterocycles. The van der Waals surface area contributed by atoms with Gasteiger partial charge in [0.1, 0.15) is 11.4 Å². The summed E-state index contributed by atoms with van der Waals surface area (Å²) in [5.74, 6) is -1.89. The lowest BCUT2D eigenvalue weighted by Gasteiger charge is -2.11. The van der Waals surface area contributed by atoms with Crippen molar-refractivity contribution < 1.29 is 22.7 Å². The van der Waals surface area contributed by atoms with Crippen LogP contribution in [0.15, 0.2) is 54.2 Å². The van der Waals surface area contributed by atoms with Gasteiger partial charge in [-0.2, -0.15) is 13.9 Å². The molecule has 3 heterocycles. The van der Waals surface area contributed by atoms with Crippen LogP contribution in [0, 0.1) is 5.82 Å². The Morgan fingerprint density at radius 1 is 1.25 bits per heavy atom. The zero-order valence-electron chi connectivity index (χ0n) is 14.0. The molecule has 1 amide bonds. The first-order chi connectivity index (χ1) is 13.5. The molecular weight excluding hydrogens is 393 g/mol. The summed E-state index contributed by atoms with van der Waals surface area (Å²) in [6.45, 7) is -3.16. The Bertz CT molecular complexity index is 1150. The number of halogens is 3. The largest absolute Gasteiger partial charge is 0.432 e. The molecule has 0 bridgehead atoms. The summed E-state index contributed by atoms with van der Waals surface area (Å²) in [7, 11) is 0. The second kappa shape index (κ2) is 7.31. The zero-order valence-corrected chi connectivity index (χ0v) is 14.8. The maximum Gasteiger partial charge on any atom is 0.387 e. The smallest absolute Gasteiger partial charge is 0.387 e. The highest BCUT2D eigenvalue weighted by Gasteiger charge is 2.19. The topological polar surface area (TPSA) is 68.5 Å². The molecule has 0 saturated heterocycles. The molecule has 0 saturated carbocycles. The second-order valence-corrected chi connectivity index (χ2v) is 6.52. The Balaban J connectivity index is 1.68. The molecule has 0 unspecified atom stereocenters. The SMILES string of the molecule is O=C(Nc1ccc(F)cc1OC(F)F)c1cnn2c(-c3cccs3)ccnc12. The summed E-state index contributed by atoms with van der Waals surface area (Å²) in [6, 6.07) is 8.50. The Labute approximate surface area is 160 Å². The lowest BCUT2D eigenvalue weighted by atomic mass is 10.2. The monoisotopic (exact) mass is 404 g/mol. The van der Waals surface area contributed by atoms with Gasteiger partial charge in [0.05, 0.1) is 22.5 Å². The standard InChI is InChI=1S/C18H11F3N4O2S/c19-10-3-4-12(14(8-10)27-18(20)21)24-17(26)11-9-23-25-13(5-6-22-16(11)25)15-2-1-7-28-15/h1-9,18H,(H,24,26). The fourth-order valence-corrected chi connectivity index (χ4v) is 3.38. The third-order valence-corrected chi connectivity index (χ3v) is 4.72. The minimum Gasteiger partial charge on any atom is -0.432 e. The van der Waals surface area contributed by atoms with Crippen molar-refractivity contribution in [1.82, 2.24) is 14.6 Å². The first-order valence-electron chi connectivity index (χ1n) is 7.95. The summed E-state index contributed by atoms with van der Waals surface area (Å²) in [4.78, 5) is 17.8. The van der Waals surface area contributed by atoms with Crippen molar-refractivity contribution in [3.63, 3.8) is 0 Å². The molecule has 10 heteroatoms. The Morgan fingerprint density at radius 3 is 2.86 bits per heavy atom. The molecule has 1 N–H and O–H groups in total. The number of carbonyl (C=O) groups excluding carboxylic acids is 1. The zero-order chi connectivity index (χ0) is 19.7. The van der Waals surface area contributed by atoms with Crippen LogP contribution < -0.4 is 10.1 Å². The van der Waals surface area contributed by atoms with Gasteiger partial charge in [0.25, 0.3) is 5.91 Å². The number of hydrogen-bond donors (Lipinski definition) is 1. The van der Waals surface area contributed by atoms with Crippen molar-refractivity contribution in [3.05, 3.63) is 65.6 Å². The van der Waals surface area contributed by atoms with Gasteiger partial charge in [-0.15, -0.1) is 11.3 Å². The van der Waals surface area contributed by atoms with E-state index in [9.17, 15) is 18.0 Å². The molecule has 0 spiro atoms. The van der Waals surface area contributed by atoms with Gasteiger partial charge in [0, 0.05) is 12.3 Å². The number of aromatic nitrogens is 3. The minimum atomic E-state index is -3.16. The fourth-order valence-electron chi connectivity index (χ4n) is 2.65. The van der Waals surface area contributed by atoms with Crippen LogP contribution in [0.4, 0.5) is 18.9 Å². The van der Waals surface area contributed by atoms with E-state index in [4.69, 9.17) is 0 Å². The van der Waals surface area contributed by atoms with E-state index in [1.807, 2.05) is 17.5 Å². The first-order valence-corrected chi connectivity index (χ1v) is 8.83. The number of nitrogens with zero attached hydrogens (tertiary/aromatic N) is 3. The minimum absolute atomic E-state index is 0.0968. The number of nitrogens with one attached hydrogen (secondary N) is 1. The Hall–Kier alpha value is -3.40. The van der Waals surface area contributed by atoms with E-state index in [0.29, 0.717) is 5.65 Å². The molecule has 6 nitrogen and oxygen atoms in total. The summed E-state index contributed by atoms with van der Waals surface area (Å²) in [5, 5.41) is 8.56. The number of rotatable bonds is 5. The van der Waals surface area contributed by atoms with Gasteiger partial charge in [-0.25, -0.2) is 13.9 Å². The van der Waals surface area contributed by atoms with Crippen LogP contribution in [0.1, 0.15) is 10.4 Å². The van der Waals surface area contributed by atoms with E-state index in [0.717, 1.165) is 28.8 Å². The molecule has 0 aliphatic carbocycles. The van der Waals surface area contributed by atoms with Crippen molar-refractivity contribution >= 4 is 28.6 Å². The number of benzene rings is 1. The lowest BCUT2D eigenvalue weighted by molar-refractivity contribution is -0.0495. The predicted octanol–water partition coefficient (Wildman–Crippen LogP) is 4.45. The van der Waals surface area contributed by atoms with Crippen LogP contribution in [0.3, 0.4) is 0 Å². The van der Waals surface area contributed by atoms with E-state index in [1.165, 1.54) is 22.0 Å². The van der Waals surface area contributed by atoms with Gasteiger partial charge >= 0.3 is 6.61 Å². The van der Waals surface area contributed by atoms with E-state index >= 15 is 0 Å². The number of ether oxygens (including phenoxy) is 1. The van der Waals surface area contributed by atoms with Crippen LogP contribution in [-0.2, 0) is 0 Å². The van der Waals surface area contributed by atoms with Gasteiger partial charge in [0.2, 0.25) is 0 Å². The molecule has 0 fully saturated rings. The quantitative estimate of drug-likeness (QED) is 0.534. The van der Waals surface area contributed by atoms with Crippen molar-refractivity contribution in [2.24, 2.45) is 0 Å². The number of thiophene rings is 1. The highest BCUT2D eigenvalue weighted by atomic mass is 32.1. The molecule has 4 rings (SSSR count). The summed E-state index contributed by atoms with van der Waals surface area (Å²) < 4.78 is 44.2. The normalized spacial score (nSPS) is 11.1. The molecule has 28 heavy (non-hydrogen) atoms. The highest BCUT2D eigenvalue weighted by Crippen LogP contribution is 2.29. The summed E-state index contributed by atoms with van der Waals surface area (Å²) in [6.07, 6.45) is 2.87. The number of fused-ring (bicyclic) bond motifs is 1. The van der Waals surface area contributed by atoms with Crippen LogP contribution in [0.2, 0.25) is 0 Å². The number of hydrogen-bond acceptors (Lipinski definition) is 5. The second-order valence-electron chi connectivity index (χ2n) is 5.57. The van der Waals surface area contributed by atoms with Gasteiger partial charge in [0.15, 0.2) is 11.4 Å². The lowest BCUT2D eigenvalue weighted by Crippen LogP contribution is -2.14. The van der Waals surface area contributed by atoms with Crippen LogP contribution in [-0.4, -0.2) is 27.1 Å². The summed E-state index contributed by atoms with van der Waals surface area (Å²) in [5.41, 5.74) is 1.08. The number of anilines is 1. The van der Waals surface area contributed by atoms with E-state index in [1.54, 1.807) is 12.3 Å². The molecule has 1 aromatic carbocycles. The van der Waals surface area contributed by atoms with Gasteiger partial charge < -0.3 is 10.1 Å². The van der Waals surface area contributed by atoms with Gasteiger partial charge in [-0.05, 0) is 29.6 Å². The number of alkyl halides is 2. The summed E-state index contributed by atoms with van der Waals surface area (Å²) >= 11 is 1.51. The molecule has 142 valence electrons. The van der Waals surface area contributed by atoms with E-state index < -0.39 is 24.1 Å². The highest BCUT2D eigenvalue weighted by molar-refractivity contribution is 7.13. The fraction of sp³-hybridized carbons (Fsp3) is 0.0556. The average Bonchev–Trinajstić information content (AvgIpc) is 3.32. The van der Waals surface area contributed by atoms with Crippen molar-refractivity contribution in [1.29, 1.82) is 0 Å². The third-order valence-electron chi connectivity index (χ3n) is 3.83. The molecule has 4 aromatic rings. The molecular formula is C18H11F3N4O2S. The number of carbonyl (C=O) groups is 1. The van der Waals surface area contributed by atoms with E-state index in [2.05, 4.69) is 20.1 Å². The van der Waals surface area contributed by atoms with Crippen molar-refractivity contribution in [3.8, 4) is 16.3 Å². The van der Waals surface area contributed by atoms with Crippen molar-refractivity contribution in [2.75, 3.05) is 5.32 Å². The van der Waals surface area contributed by atoms with E-state index in [-0.39, 0.29) is 11.3 Å². The van der Waals surface area contributed by atoms with Gasteiger partial charge in [-0.3, -0.25) is 4.79 Å². The molecule has 0 aliphatic heterocycles. The molecule has 0 aliphatic rings. The number of amides is 1. The molecule has 0 atom stereocenters. The van der Waals surface area contributed by atoms with Crippen LogP contribution in [0.5, 0.6) is 5.75 Å². The first kappa shape index (κ1) is 18.0. The Kier molecular flexibility index (Phi) is 4.70. The maximum atomic E-state index is 13.3. The predicted molar refractivity (Wildman–Crippen MR) is 97.3 cm³/mol. The van der Waals surface area contributed by atoms with Crippen LogP contribution >= 0.6 is 11.3 Å². The Morgan fingerprint density at radius 2 is 2.11 bits per heavy atom. The van der Waals surface area contributed by atoms with Crippen LogP contribution in [0.25, 0.3) is 16.2 Å². The molecule has 0 radical (unpaired) electrons. The average molecular weight is 404 g/mol. The van der Waals surface area contributed by atoms with Gasteiger partial charge in [-0.1, -0.05) is 6.07 Å². The third kappa shape index (κ3) is 3.41. The maximum absolute atomic E-state index is 13.3.